The van der Waals surface area contributed by atoms with Crippen molar-refractivity contribution >= 4 is 33.5 Å². The van der Waals surface area contributed by atoms with Crippen LogP contribution in [0, 0.1) is 0 Å². The van der Waals surface area contributed by atoms with E-state index in [2.05, 4.69) is 24.5 Å². The van der Waals surface area contributed by atoms with Crippen molar-refractivity contribution in [2.24, 2.45) is 0 Å². The van der Waals surface area contributed by atoms with Gasteiger partial charge < -0.3 is 20.8 Å². The first-order chi connectivity index (χ1) is 11.5. The lowest BCUT2D eigenvalue weighted by molar-refractivity contribution is -0.139. The Balaban J connectivity index is 3.96. The van der Waals surface area contributed by atoms with Gasteiger partial charge in [0, 0.05) is 11.5 Å². The smallest absolute Gasteiger partial charge is 0.321 e. The monoisotopic (exact) mass is 380 g/mol. The fraction of sp³-hybridized carbons (Fsp3) is 0.875. The van der Waals surface area contributed by atoms with Crippen molar-refractivity contribution < 1.29 is 19.8 Å². The molecule has 6 nitrogen and oxygen atoms in total. The lowest BCUT2D eigenvalue weighted by atomic mass is 10.2. The molecule has 0 bridgehead atoms. The molecule has 0 saturated heterocycles. The molecule has 0 amide bonds. The largest absolute Gasteiger partial charge is 0.480 e. The quantitative estimate of drug-likeness (QED) is 0.226. The number of hydrogen-bond donors (Lipinski definition) is 4. The summed E-state index contributed by atoms with van der Waals surface area (Å²) in [7, 11) is 2.83. The van der Waals surface area contributed by atoms with Crippen molar-refractivity contribution in [2.75, 3.05) is 24.6 Å². The summed E-state index contributed by atoms with van der Waals surface area (Å²) in [5.41, 5.74) is 0. The summed E-state index contributed by atoms with van der Waals surface area (Å²) >= 11 is 0. The first-order valence-electron chi connectivity index (χ1n) is 8.69. The molecule has 0 heterocycles. The number of unbranched alkanes of at least 4 members (excludes halogenated alkanes) is 4. The molecule has 0 aliphatic heterocycles. The van der Waals surface area contributed by atoms with E-state index in [-0.39, 0.29) is 0 Å². The van der Waals surface area contributed by atoms with E-state index in [1.54, 1.807) is 0 Å². The van der Waals surface area contributed by atoms with E-state index in [9.17, 15) is 19.8 Å². The number of nitrogens with one attached hydrogen (secondary N) is 2. The summed E-state index contributed by atoms with van der Waals surface area (Å²) in [5.74, 6) is -0.859. The van der Waals surface area contributed by atoms with E-state index in [0.717, 1.165) is 38.5 Å². The maximum Gasteiger partial charge on any atom is 0.321 e. The predicted octanol–water partition coefficient (Wildman–Crippen LogP) is 2.83. The van der Waals surface area contributed by atoms with Gasteiger partial charge in [-0.1, -0.05) is 61.1 Å². The molecule has 0 aliphatic carbocycles. The lowest BCUT2D eigenvalue weighted by Gasteiger charge is -2.16. The number of carboxylic acid groups (broad SMARTS) is 2. The van der Waals surface area contributed by atoms with Crippen molar-refractivity contribution in [3.8, 4) is 0 Å². The predicted molar refractivity (Wildman–Crippen MR) is 103 cm³/mol. The number of hydrogen-bond acceptors (Lipinski definition) is 6. The average molecular weight is 381 g/mol. The Morgan fingerprint density at radius 3 is 1.46 bits per heavy atom. The molecule has 0 spiro atoms. The van der Waals surface area contributed by atoms with Gasteiger partial charge in [0.15, 0.2) is 0 Å². The molecule has 4 N–H and O–H groups in total. The number of aliphatic carboxylic acids is 2. The second-order valence-electron chi connectivity index (χ2n) is 5.67. The Kier molecular flexibility index (Phi) is 15.8. The number of carboxylic acids is 2. The minimum absolute atomic E-state index is 0.425. The molecule has 0 aliphatic rings. The van der Waals surface area contributed by atoms with Crippen molar-refractivity contribution in [2.45, 2.75) is 64.5 Å². The van der Waals surface area contributed by atoms with Gasteiger partial charge in [0.25, 0.3) is 0 Å². The van der Waals surface area contributed by atoms with Crippen LogP contribution in [0.2, 0.25) is 0 Å². The van der Waals surface area contributed by atoms with Gasteiger partial charge >= 0.3 is 11.9 Å². The fourth-order valence-electron chi connectivity index (χ4n) is 1.97. The Bertz CT molecular complexity index is 314. The fourth-order valence-corrected chi connectivity index (χ4v) is 4.35. The van der Waals surface area contributed by atoms with E-state index in [1.165, 1.54) is 21.6 Å². The zero-order chi connectivity index (χ0) is 18.2. The van der Waals surface area contributed by atoms with Gasteiger partial charge in [0.05, 0.1) is 0 Å². The molecule has 0 saturated carbocycles. The summed E-state index contributed by atoms with van der Waals surface area (Å²) < 4.78 is 0. The molecular weight excluding hydrogens is 348 g/mol. The molecule has 2 atom stereocenters. The average Bonchev–Trinajstić information content (AvgIpc) is 2.54. The van der Waals surface area contributed by atoms with Gasteiger partial charge in [0.1, 0.15) is 12.1 Å². The van der Waals surface area contributed by atoms with Crippen LogP contribution in [0.25, 0.3) is 0 Å². The minimum Gasteiger partial charge on any atom is -0.480 e. The van der Waals surface area contributed by atoms with E-state index in [0.29, 0.717) is 24.6 Å². The van der Waals surface area contributed by atoms with Gasteiger partial charge in [-0.15, -0.1) is 0 Å². The highest BCUT2D eigenvalue weighted by molar-refractivity contribution is 8.76. The molecule has 0 unspecified atom stereocenters. The van der Waals surface area contributed by atoms with Crippen molar-refractivity contribution in [1.82, 2.24) is 10.6 Å². The summed E-state index contributed by atoms with van der Waals surface area (Å²) in [6, 6.07) is -1.17. The molecule has 0 aromatic heterocycles. The zero-order valence-corrected chi connectivity index (χ0v) is 16.4. The first kappa shape index (κ1) is 23.6. The Morgan fingerprint density at radius 1 is 0.792 bits per heavy atom. The number of rotatable bonds is 17. The van der Waals surface area contributed by atoms with Crippen LogP contribution in [-0.2, 0) is 9.59 Å². The molecule has 0 radical (unpaired) electrons. The molecule has 0 rings (SSSR count). The third kappa shape index (κ3) is 12.9. The van der Waals surface area contributed by atoms with Crippen LogP contribution in [0.5, 0.6) is 0 Å². The van der Waals surface area contributed by atoms with Crippen LogP contribution < -0.4 is 10.6 Å². The van der Waals surface area contributed by atoms with Crippen molar-refractivity contribution in [3.63, 3.8) is 0 Å². The van der Waals surface area contributed by atoms with E-state index in [1.807, 2.05) is 0 Å². The molecule has 0 fully saturated rings. The van der Waals surface area contributed by atoms with Crippen LogP contribution in [0.4, 0.5) is 0 Å². The van der Waals surface area contributed by atoms with E-state index in [4.69, 9.17) is 0 Å². The van der Waals surface area contributed by atoms with Crippen molar-refractivity contribution in [3.05, 3.63) is 0 Å². The molecule has 142 valence electrons. The summed E-state index contributed by atoms with van der Waals surface area (Å²) in [4.78, 5) is 22.4. The zero-order valence-electron chi connectivity index (χ0n) is 14.8. The summed E-state index contributed by atoms with van der Waals surface area (Å²) in [5, 5.41) is 24.5. The van der Waals surface area contributed by atoms with Crippen LogP contribution in [0.3, 0.4) is 0 Å². The molecular formula is C16H32N2O4S2. The van der Waals surface area contributed by atoms with Gasteiger partial charge in [-0.25, -0.2) is 0 Å². The first-order valence-corrected chi connectivity index (χ1v) is 11.2. The Hall–Kier alpha value is -0.440. The third-order valence-electron chi connectivity index (χ3n) is 3.49. The Morgan fingerprint density at radius 2 is 1.17 bits per heavy atom. The highest BCUT2D eigenvalue weighted by Gasteiger charge is 2.19. The van der Waals surface area contributed by atoms with E-state index >= 15 is 0 Å². The van der Waals surface area contributed by atoms with Crippen molar-refractivity contribution in [1.29, 1.82) is 0 Å². The summed E-state index contributed by atoms with van der Waals surface area (Å²) in [6.07, 6.45) is 6.33. The molecule has 0 aromatic rings. The second kappa shape index (κ2) is 16.1. The van der Waals surface area contributed by atoms with E-state index < -0.39 is 24.0 Å². The topological polar surface area (TPSA) is 98.7 Å². The SMILES string of the molecule is CCCCCN[C@@H](CSSC[C@H](NCCCCC)C(=O)O)C(=O)O. The lowest BCUT2D eigenvalue weighted by Crippen LogP contribution is -2.40. The highest BCUT2D eigenvalue weighted by Crippen LogP contribution is 2.23. The standard InChI is InChI=1S/C16H32N2O4S2/c1-3-5-7-9-17-13(15(19)20)11-23-24-12-14(16(21)22)18-10-8-6-4-2/h13-14,17-18H,3-12H2,1-2H3,(H,19,20)(H,21,22)/t13-,14-/m0/s1. The highest BCUT2D eigenvalue weighted by atomic mass is 33.1. The maximum atomic E-state index is 11.2. The van der Waals surface area contributed by atoms with Gasteiger partial charge in [-0.3, -0.25) is 9.59 Å². The molecule has 8 heteroatoms. The normalized spacial score (nSPS) is 13.6. The van der Waals surface area contributed by atoms with Gasteiger partial charge in [-0.05, 0) is 25.9 Å². The Labute approximate surface area is 153 Å². The molecule has 24 heavy (non-hydrogen) atoms. The van der Waals surface area contributed by atoms with Gasteiger partial charge in [0.2, 0.25) is 0 Å². The van der Waals surface area contributed by atoms with Crippen LogP contribution in [0.1, 0.15) is 52.4 Å². The van der Waals surface area contributed by atoms with Crippen LogP contribution in [0.15, 0.2) is 0 Å². The van der Waals surface area contributed by atoms with Gasteiger partial charge in [-0.2, -0.15) is 0 Å². The van der Waals surface area contributed by atoms with Crippen LogP contribution >= 0.6 is 21.6 Å². The third-order valence-corrected chi connectivity index (χ3v) is 5.91. The molecule has 0 aromatic carbocycles. The minimum atomic E-state index is -0.855. The van der Waals surface area contributed by atoms with Crippen LogP contribution in [-0.4, -0.2) is 58.8 Å². The second-order valence-corrected chi connectivity index (χ2v) is 8.23. The maximum absolute atomic E-state index is 11.2. The number of carbonyl (C=O) groups is 2. The summed E-state index contributed by atoms with van der Waals surface area (Å²) in [6.45, 7) is 5.62.